The van der Waals surface area contributed by atoms with Gasteiger partial charge in [0.15, 0.2) is 0 Å². The number of rotatable bonds is 2. The van der Waals surface area contributed by atoms with Gasteiger partial charge in [-0.15, -0.1) is 0 Å². The van der Waals surface area contributed by atoms with Crippen LogP contribution in [0.3, 0.4) is 0 Å². The Bertz CT molecular complexity index is 433. The summed E-state index contributed by atoms with van der Waals surface area (Å²) in [4.78, 5) is 12.0. The smallest absolute Gasteiger partial charge is 0.271 e. The number of carbonyl (C=O) groups excluding carboxylic acids is 1. The predicted octanol–water partition coefficient (Wildman–Crippen LogP) is -0.109. The first-order valence-electron chi connectivity index (χ1n) is 5.60. The molecule has 2 atom stereocenters. The molecule has 2 rings (SSSR count). The van der Waals surface area contributed by atoms with Gasteiger partial charge in [0.2, 0.25) is 0 Å². The van der Waals surface area contributed by atoms with Crippen LogP contribution in [0, 0.1) is 5.41 Å². The zero-order valence-electron chi connectivity index (χ0n) is 10.3. The van der Waals surface area contributed by atoms with Gasteiger partial charge >= 0.3 is 0 Å². The third kappa shape index (κ3) is 1.78. The summed E-state index contributed by atoms with van der Waals surface area (Å²) in [6.07, 6.45) is 1.67. The van der Waals surface area contributed by atoms with E-state index in [2.05, 4.69) is 10.4 Å². The van der Waals surface area contributed by atoms with Crippen LogP contribution in [0.25, 0.3) is 0 Å². The monoisotopic (exact) mass is 238 g/mol. The third-order valence-corrected chi connectivity index (χ3v) is 3.70. The van der Waals surface area contributed by atoms with Crippen molar-refractivity contribution in [1.82, 2.24) is 15.1 Å². The highest BCUT2D eigenvalue weighted by molar-refractivity contribution is 5.97. The highest BCUT2D eigenvalue weighted by atomic mass is 16.3. The van der Waals surface area contributed by atoms with Crippen LogP contribution in [0.1, 0.15) is 30.8 Å². The molecule has 1 aromatic rings. The number of aliphatic hydroxyl groups is 1. The third-order valence-electron chi connectivity index (χ3n) is 3.70. The maximum atomic E-state index is 12.0. The summed E-state index contributed by atoms with van der Waals surface area (Å²) in [5.41, 5.74) is 6.12. The van der Waals surface area contributed by atoms with Crippen molar-refractivity contribution in [2.75, 3.05) is 5.73 Å². The van der Waals surface area contributed by atoms with Crippen molar-refractivity contribution in [3.05, 3.63) is 11.9 Å². The zero-order valence-corrected chi connectivity index (χ0v) is 10.3. The molecule has 0 aromatic carbocycles. The van der Waals surface area contributed by atoms with Crippen LogP contribution in [0.2, 0.25) is 0 Å². The number of aliphatic hydroxyl groups excluding tert-OH is 1. The van der Waals surface area contributed by atoms with E-state index in [1.54, 1.807) is 7.05 Å². The van der Waals surface area contributed by atoms with Crippen molar-refractivity contribution in [2.45, 2.75) is 32.4 Å². The molecule has 0 radical (unpaired) electrons. The Hall–Kier alpha value is -1.56. The van der Waals surface area contributed by atoms with Crippen molar-refractivity contribution in [2.24, 2.45) is 12.5 Å². The number of nitrogens with one attached hydrogen (secondary N) is 1. The number of nitrogens with two attached hydrogens (primary N) is 1. The van der Waals surface area contributed by atoms with Crippen LogP contribution in [0.5, 0.6) is 0 Å². The summed E-state index contributed by atoms with van der Waals surface area (Å²) in [5, 5.41) is 16.4. The van der Waals surface area contributed by atoms with Gasteiger partial charge < -0.3 is 16.2 Å². The van der Waals surface area contributed by atoms with Gasteiger partial charge in [0, 0.05) is 18.5 Å². The fourth-order valence-corrected chi connectivity index (χ4v) is 2.11. The van der Waals surface area contributed by atoms with Gasteiger partial charge in [-0.2, -0.15) is 5.10 Å². The molecule has 1 saturated carbocycles. The zero-order chi connectivity index (χ0) is 12.8. The number of hydrogen-bond donors (Lipinski definition) is 3. The molecule has 6 nitrogen and oxygen atoms in total. The van der Waals surface area contributed by atoms with Gasteiger partial charge in [-0.1, -0.05) is 13.8 Å². The molecule has 2 unspecified atom stereocenters. The highest BCUT2D eigenvalue weighted by Crippen LogP contribution is 2.40. The molecule has 0 saturated heterocycles. The number of hydrogen-bond acceptors (Lipinski definition) is 4. The van der Waals surface area contributed by atoms with E-state index < -0.39 is 0 Å². The maximum absolute atomic E-state index is 12.0. The molecule has 4 N–H and O–H groups in total. The predicted molar refractivity (Wildman–Crippen MR) is 63.3 cm³/mol. The van der Waals surface area contributed by atoms with Crippen LogP contribution in [-0.4, -0.2) is 32.9 Å². The lowest BCUT2D eigenvalue weighted by Gasteiger charge is -2.49. The van der Waals surface area contributed by atoms with E-state index in [9.17, 15) is 9.90 Å². The quantitative estimate of drug-likeness (QED) is 0.670. The van der Waals surface area contributed by atoms with Gasteiger partial charge in [-0.3, -0.25) is 9.48 Å². The molecule has 1 aliphatic rings. The van der Waals surface area contributed by atoms with Crippen LogP contribution in [0.15, 0.2) is 6.20 Å². The first-order valence-corrected chi connectivity index (χ1v) is 5.60. The van der Waals surface area contributed by atoms with E-state index in [0.717, 1.165) is 0 Å². The molecule has 1 fully saturated rings. The minimum Gasteiger partial charge on any atom is -0.396 e. The van der Waals surface area contributed by atoms with E-state index in [0.29, 0.717) is 17.8 Å². The number of nitrogen functional groups attached to an aromatic ring is 1. The second-order valence-corrected chi connectivity index (χ2v) is 5.17. The Morgan fingerprint density at radius 3 is 2.76 bits per heavy atom. The highest BCUT2D eigenvalue weighted by Gasteiger charge is 2.48. The lowest BCUT2D eigenvalue weighted by molar-refractivity contribution is -0.0690. The average Bonchev–Trinajstić information content (AvgIpc) is 2.58. The number of anilines is 1. The van der Waals surface area contributed by atoms with E-state index in [-0.39, 0.29) is 23.5 Å². The SMILES string of the molecule is Cn1ncc(N)c1C(=O)NC1CC(O)C1(C)C. The van der Waals surface area contributed by atoms with Gasteiger partial charge in [0.1, 0.15) is 5.69 Å². The first-order chi connectivity index (χ1) is 7.84. The Labute approximate surface area is 99.8 Å². The largest absolute Gasteiger partial charge is 0.396 e. The average molecular weight is 238 g/mol. The molecule has 1 heterocycles. The van der Waals surface area contributed by atoms with Crippen LogP contribution < -0.4 is 11.1 Å². The van der Waals surface area contributed by atoms with Crippen molar-refractivity contribution in [3.8, 4) is 0 Å². The summed E-state index contributed by atoms with van der Waals surface area (Å²) < 4.78 is 1.45. The fourth-order valence-electron chi connectivity index (χ4n) is 2.11. The molecule has 0 spiro atoms. The molecular weight excluding hydrogens is 220 g/mol. The number of aryl methyl sites for hydroxylation is 1. The minimum absolute atomic E-state index is 0.0284. The van der Waals surface area contributed by atoms with E-state index in [4.69, 9.17) is 5.73 Å². The van der Waals surface area contributed by atoms with Crippen molar-refractivity contribution >= 4 is 11.6 Å². The molecule has 0 bridgehead atoms. The fraction of sp³-hybridized carbons (Fsp3) is 0.636. The Kier molecular flexibility index (Phi) is 2.61. The van der Waals surface area contributed by atoms with Crippen molar-refractivity contribution in [3.63, 3.8) is 0 Å². The molecule has 94 valence electrons. The second-order valence-electron chi connectivity index (χ2n) is 5.17. The molecule has 1 aromatic heterocycles. The number of amides is 1. The number of nitrogens with zero attached hydrogens (tertiary/aromatic N) is 2. The summed E-state index contributed by atoms with van der Waals surface area (Å²) in [6, 6.07) is -0.0284. The van der Waals surface area contributed by atoms with Crippen LogP contribution in [-0.2, 0) is 7.05 Å². The van der Waals surface area contributed by atoms with Crippen molar-refractivity contribution in [1.29, 1.82) is 0 Å². The number of aromatic nitrogens is 2. The van der Waals surface area contributed by atoms with Gasteiger partial charge in [-0.25, -0.2) is 0 Å². The first kappa shape index (κ1) is 11.9. The standard InChI is InChI=1S/C11H18N4O2/c1-11(2)7(4-8(11)16)14-10(17)9-6(12)5-13-15(9)3/h5,7-8,16H,4,12H2,1-3H3,(H,14,17). The summed E-state index contributed by atoms with van der Waals surface area (Å²) in [6.45, 7) is 3.86. The molecular formula is C11H18N4O2. The lowest BCUT2D eigenvalue weighted by Crippen LogP contribution is -2.61. The Morgan fingerprint density at radius 2 is 2.35 bits per heavy atom. The minimum atomic E-state index is -0.364. The summed E-state index contributed by atoms with van der Waals surface area (Å²) in [7, 11) is 1.67. The van der Waals surface area contributed by atoms with Crippen molar-refractivity contribution < 1.29 is 9.90 Å². The normalized spacial score (nSPS) is 26.4. The van der Waals surface area contributed by atoms with E-state index >= 15 is 0 Å². The molecule has 0 aliphatic heterocycles. The Balaban J connectivity index is 2.09. The summed E-state index contributed by atoms with van der Waals surface area (Å²) in [5.74, 6) is -0.243. The molecule has 6 heteroatoms. The second kappa shape index (κ2) is 3.73. The van der Waals surface area contributed by atoms with Crippen LogP contribution in [0.4, 0.5) is 5.69 Å². The molecule has 17 heavy (non-hydrogen) atoms. The van der Waals surface area contributed by atoms with Gasteiger partial charge in [-0.05, 0) is 6.42 Å². The molecule has 1 amide bonds. The topological polar surface area (TPSA) is 93.2 Å². The molecule has 1 aliphatic carbocycles. The van der Waals surface area contributed by atoms with Gasteiger partial charge in [0.05, 0.1) is 18.0 Å². The van der Waals surface area contributed by atoms with E-state index in [1.807, 2.05) is 13.8 Å². The lowest BCUT2D eigenvalue weighted by atomic mass is 9.64. The Morgan fingerprint density at radius 1 is 1.71 bits per heavy atom. The number of carbonyl (C=O) groups is 1. The van der Waals surface area contributed by atoms with Gasteiger partial charge in [0.25, 0.3) is 5.91 Å². The van der Waals surface area contributed by atoms with Crippen LogP contribution >= 0.6 is 0 Å². The summed E-state index contributed by atoms with van der Waals surface area (Å²) >= 11 is 0. The van der Waals surface area contributed by atoms with E-state index in [1.165, 1.54) is 10.9 Å². The maximum Gasteiger partial charge on any atom is 0.271 e.